The van der Waals surface area contributed by atoms with E-state index in [2.05, 4.69) is 15.5 Å². The number of carbonyl (C=O) groups is 1. The zero-order chi connectivity index (χ0) is 12.3. The molecule has 94 valence electrons. The van der Waals surface area contributed by atoms with Crippen molar-refractivity contribution in [2.45, 2.75) is 44.6 Å². The number of aryl methyl sites for hydroxylation is 1. The van der Waals surface area contributed by atoms with Crippen molar-refractivity contribution in [1.82, 2.24) is 25.1 Å². The third-order valence-electron chi connectivity index (χ3n) is 3.53. The van der Waals surface area contributed by atoms with Gasteiger partial charge in [-0.25, -0.2) is 4.68 Å². The zero-order valence-corrected chi connectivity index (χ0v) is 10.5. The van der Waals surface area contributed by atoms with E-state index in [1.165, 1.54) is 19.3 Å². The second-order valence-corrected chi connectivity index (χ2v) is 4.69. The van der Waals surface area contributed by atoms with Crippen LogP contribution in [0.25, 0.3) is 0 Å². The Kier molecular flexibility index (Phi) is 3.71. The van der Waals surface area contributed by atoms with E-state index in [9.17, 15) is 4.79 Å². The molecule has 1 aliphatic rings. The van der Waals surface area contributed by atoms with Crippen LogP contribution < -0.4 is 0 Å². The SMILES string of the molecule is CN(C(=O)Cc1nnnn1C)C1CCCCC1. The van der Waals surface area contributed by atoms with Gasteiger partial charge in [0.05, 0.1) is 6.42 Å². The molecule has 1 fully saturated rings. The first kappa shape index (κ1) is 12.0. The Morgan fingerprint density at radius 2 is 2.12 bits per heavy atom. The molecule has 0 N–H and O–H groups in total. The summed E-state index contributed by atoms with van der Waals surface area (Å²) in [5, 5.41) is 11.1. The number of aromatic nitrogens is 4. The van der Waals surface area contributed by atoms with E-state index in [-0.39, 0.29) is 12.3 Å². The van der Waals surface area contributed by atoms with Gasteiger partial charge in [0.25, 0.3) is 0 Å². The Labute approximate surface area is 101 Å². The van der Waals surface area contributed by atoms with Crippen molar-refractivity contribution in [2.75, 3.05) is 7.05 Å². The summed E-state index contributed by atoms with van der Waals surface area (Å²) in [6, 6.07) is 0.400. The standard InChI is InChI=1S/C11H19N5O/c1-15(9-6-4-3-5-7-9)11(17)8-10-12-13-14-16(10)2/h9H,3-8H2,1-2H3. The smallest absolute Gasteiger partial charge is 0.230 e. The lowest BCUT2D eigenvalue weighted by Crippen LogP contribution is -2.39. The molecule has 6 heteroatoms. The number of likely N-dealkylation sites (N-methyl/N-ethyl adjacent to an activating group) is 1. The molecule has 2 rings (SSSR count). The number of amides is 1. The van der Waals surface area contributed by atoms with Crippen LogP contribution >= 0.6 is 0 Å². The van der Waals surface area contributed by atoms with Crippen molar-refractivity contribution in [3.05, 3.63) is 5.82 Å². The summed E-state index contributed by atoms with van der Waals surface area (Å²) < 4.78 is 1.55. The normalized spacial score (nSPS) is 17.1. The Balaban J connectivity index is 1.93. The van der Waals surface area contributed by atoms with Gasteiger partial charge < -0.3 is 4.90 Å². The summed E-state index contributed by atoms with van der Waals surface area (Å²) in [5.41, 5.74) is 0. The third-order valence-corrected chi connectivity index (χ3v) is 3.53. The van der Waals surface area contributed by atoms with Gasteiger partial charge in [0.2, 0.25) is 5.91 Å². The van der Waals surface area contributed by atoms with Crippen LogP contribution in [0.15, 0.2) is 0 Å². The minimum Gasteiger partial charge on any atom is -0.342 e. The van der Waals surface area contributed by atoms with Gasteiger partial charge in [0.15, 0.2) is 5.82 Å². The summed E-state index contributed by atoms with van der Waals surface area (Å²) in [6.45, 7) is 0. The van der Waals surface area contributed by atoms with Crippen LogP contribution in [-0.2, 0) is 18.3 Å². The maximum atomic E-state index is 12.1. The second kappa shape index (κ2) is 5.25. The van der Waals surface area contributed by atoms with Crippen LogP contribution in [0.5, 0.6) is 0 Å². The summed E-state index contributed by atoms with van der Waals surface area (Å²) in [4.78, 5) is 13.9. The van der Waals surface area contributed by atoms with Gasteiger partial charge in [-0.05, 0) is 23.3 Å². The van der Waals surface area contributed by atoms with Gasteiger partial charge in [-0.2, -0.15) is 0 Å². The lowest BCUT2D eigenvalue weighted by atomic mass is 9.94. The number of tetrazole rings is 1. The van der Waals surface area contributed by atoms with Crippen LogP contribution in [0.1, 0.15) is 37.9 Å². The van der Waals surface area contributed by atoms with E-state index in [4.69, 9.17) is 0 Å². The molecule has 1 aliphatic carbocycles. The predicted molar refractivity (Wildman–Crippen MR) is 62.1 cm³/mol. The summed E-state index contributed by atoms with van der Waals surface area (Å²) >= 11 is 0. The molecule has 0 aliphatic heterocycles. The highest BCUT2D eigenvalue weighted by molar-refractivity contribution is 5.78. The fourth-order valence-corrected chi connectivity index (χ4v) is 2.33. The number of hydrogen-bond donors (Lipinski definition) is 0. The molecule has 6 nitrogen and oxygen atoms in total. The van der Waals surface area contributed by atoms with Crippen LogP contribution in [-0.4, -0.2) is 44.1 Å². The molecule has 1 saturated carbocycles. The van der Waals surface area contributed by atoms with E-state index in [0.29, 0.717) is 11.9 Å². The molecule has 1 aromatic heterocycles. The molecular weight excluding hydrogens is 218 g/mol. The van der Waals surface area contributed by atoms with Crippen molar-refractivity contribution >= 4 is 5.91 Å². The molecule has 0 atom stereocenters. The van der Waals surface area contributed by atoms with E-state index in [1.54, 1.807) is 11.7 Å². The Morgan fingerprint density at radius 3 is 2.71 bits per heavy atom. The maximum Gasteiger partial charge on any atom is 0.230 e. The topological polar surface area (TPSA) is 63.9 Å². The van der Waals surface area contributed by atoms with Gasteiger partial charge >= 0.3 is 0 Å². The van der Waals surface area contributed by atoms with Crippen LogP contribution in [0.2, 0.25) is 0 Å². The molecule has 0 radical (unpaired) electrons. The van der Waals surface area contributed by atoms with Crippen molar-refractivity contribution in [3.63, 3.8) is 0 Å². The highest BCUT2D eigenvalue weighted by Gasteiger charge is 2.23. The fourth-order valence-electron chi connectivity index (χ4n) is 2.33. The molecule has 17 heavy (non-hydrogen) atoms. The van der Waals surface area contributed by atoms with Crippen molar-refractivity contribution < 1.29 is 4.79 Å². The van der Waals surface area contributed by atoms with E-state index < -0.39 is 0 Å². The zero-order valence-electron chi connectivity index (χ0n) is 10.5. The van der Waals surface area contributed by atoms with Crippen LogP contribution in [0.4, 0.5) is 0 Å². The van der Waals surface area contributed by atoms with E-state index in [0.717, 1.165) is 12.8 Å². The number of carbonyl (C=O) groups excluding carboxylic acids is 1. The van der Waals surface area contributed by atoms with Gasteiger partial charge in [0, 0.05) is 20.1 Å². The monoisotopic (exact) mass is 237 g/mol. The largest absolute Gasteiger partial charge is 0.342 e. The molecule has 0 unspecified atom stereocenters. The minimum absolute atomic E-state index is 0.106. The summed E-state index contributed by atoms with van der Waals surface area (Å²) in [5.74, 6) is 0.729. The van der Waals surface area contributed by atoms with Gasteiger partial charge in [-0.15, -0.1) is 5.10 Å². The highest BCUT2D eigenvalue weighted by atomic mass is 16.2. The molecule has 0 spiro atoms. The molecule has 1 amide bonds. The van der Waals surface area contributed by atoms with Crippen LogP contribution in [0.3, 0.4) is 0 Å². The molecular formula is C11H19N5O. The summed E-state index contributed by atoms with van der Waals surface area (Å²) in [6.07, 6.45) is 6.29. The number of nitrogens with zero attached hydrogens (tertiary/aromatic N) is 5. The average molecular weight is 237 g/mol. The third kappa shape index (κ3) is 2.81. The fraction of sp³-hybridized carbons (Fsp3) is 0.818. The summed E-state index contributed by atoms with van der Waals surface area (Å²) in [7, 11) is 3.64. The first-order valence-corrected chi connectivity index (χ1v) is 6.15. The predicted octanol–water partition coefficient (Wildman–Crippen LogP) is 0.544. The number of hydrogen-bond acceptors (Lipinski definition) is 4. The van der Waals surface area contributed by atoms with E-state index in [1.807, 2.05) is 11.9 Å². The first-order valence-electron chi connectivity index (χ1n) is 6.15. The molecule has 0 saturated heterocycles. The van der Waals surface area contributed by atoms with Gasteiger partial charge in [-0.1, -0.05) is 19.3 Å². The average Bonchev–Trinajstić information content (AvgIpc) is 2.75. The van der Waals surface area contributed by atoms with Crippen molar-refractivity contribution in [3.8, 4) is 0 Å². The molecule has 1 aromatic rings. The first-order chi connectivity index (χ1) is 8.18. The van der Waals surface area contributed by atoms with E-state index >= 15 is 0 Å². The highest BCUT2D eigenvalue weighted by Crippen LogP contribution is 2.21. The van der Waals surface area contributed by atoms with Gasteiger partial charge in [-0.3, -0.25) is 4.79 Å². The Morgan fingerprint density at radius 1 is 1.41 bits per heavy atom. The van der Waals surface area contributed by atoms with Crippen molar-refractivity contribution in [2.24, 2.45) is 7.05 Å². The van der Waals surface area contributed by atoms with Crippen molar-refractivity contribution in [1.29, 1.82) is 0 Å². The Hall–Kier alpha value is -1.46. The number of rotatable bonds is 3. The van der Waals surface area contributed by atoms with Gasteiger partial charge in [0.1, 0.15) is 0 Å². The molecule has 1 heterocycles. The van der Waals surface area contributed by atoms with Crippen LogP contribution in [0, 0.1) is 0 Å². The molecule has 0 aromatic carbocycles. The Bertz CT molecular complexity index is 383. The minimum atomic E-state index is 0.106. The second-order valence-electron chi connectivity index (χ2n) is 4.69. The molecule has 0 bridgehead atoms. The maximum absolute atomic E-state index is 12.1. The lowest BCUT2D eigenvalue weighted by molar-refractivity contribution is -0.132. The quantitative estimate of drug-likeness (QED) is 0.770. The lowest BCUT2D eigenvalue weighted by Gasteiger charge is -2.31.